The van der Waals surface area contributed by atoms with E-state index in [9.17, 15) is 0 Å². The van der Waals surface area contributed by atoms with Crippen molar-refractivity contribution in [1.29, 1.82) is 0 Å². The van der Waals surface area contributed by atoms with Gasteiger partial charge in [0.05, 0.1) is 18.7 Å². The fraction of sp³-hybridized carbons (Fsp3) is 0.458. The molecule has 1 aliphatic carbocycles. The number of unbranched alkanes of at least 4 members (excludes halogenated alkanes) is 1. The van der Waals surface area contributed by atoms with Crippen molar-refractivity contribution in [2.75, 3.05) is 13.7 Å². The van der Waals surface area contributed by atoms with Crippen molar-refractivity contribution in [3.05, 3.63) is 40.7 Å². The van der Waals surface area contributed by atoms with Gasteiger partial charge >= 0.3 is 0 Å². The number of aromatic nitrogens is 3. The molecule has 31 heavy (non-hydrogen) atoms. The van der Waals surface area contributed by atoms with Crippen LogP contribution in [-0.2, 0) is 0 Å². The number of methoxy groups -OCH3 is 1. The van der Waals surface area contributed by atoms with Crippen LogP contribution >= 0.6 is 11.6 Å². The second kappa shape index (κ2) is 9.69. The van der Waals surface area contributed by atoms with E-state index in [0.717, 1.165) is 29.8 Å². The first-order valence-corrected chi connectivity index (χ1v) is 11.3. The van der Waals surface area contributed by atoms with E-state index in [4.69, 9.17) is 30.6 Å². The fourth-order valence-electron chi connectivity index (χ4n) is 4.01. The number of pyridine rings is 1. The van der Waals surface area contributed by atoms with Gasteiger partial charge in [-0.15, -0.1) is 0 Å². The zero-order valence-electron chi connectivity index (χ0n) is 18.3. The van der Waals surface area contributed by atoms with Crippen LogP contribution in [0.2, 0.25) is 5.02 Å². The van der Waals surface area contributed by atoms with E-state index in [1.54, 1.807) is 13.2 Å². The number of benzene rings is 1. The Hall–Kier alpha value is -2.60. The largest absolute Gasteiger partial charge is 0.493 e. The Balaban J connectivity index is 1.62. The maximum Gasteiger partial charge on any atom is 0.258 e. The number of nitrogens with zero attached hydrogens (tertiary/aromatic N) is 3. The molecule has 0 unspecified atom stereocenters. The smallest absolute Gasteiger partial charge is 0.258 e. The van der Waals surface area contributed by atoms with Gasteiger partial charge in [-0.1, -0.05) is 42.9 Å². The molecule has 6 nitrogen and oxygen atoms in total. The van der Waals surface area contributed by atoms with Crippen molar-refractivity contribution in [3.8, 4) is 34.3 Å². The number of hydrogen-bond acceptors (Lipinski definition) is 6. The van der Waals surface area contributed by atoms with Crippen LogP contribution in [0.25, 0.3) is 22.8 Å². The lowest BCUT2D eigenvalue weighted by molar-refractivity contribution is 0.288. The maximum absolute atomic E-state index is 6.48. The third kappa shape index (κ3) is 4.85. The Bertz CT molecular complexity index is 1040. The van der Waals surface area contributed by atoms with E-state index in [2.05, 4.69) is 23.1 Å². The van der Waals surface area contributed by atoms with Crippen LogP contribution in [0.5, 0.6) is 11.5 Å². The normalized spacial score (nSPS) is 14.2. The molecule has 3 aromatic rings. The Morgan fingerprint density at radius 3 is 2.65 bits per heavy atom. The Morgan fingerprint density at radius 2 is 1.90 bits per heavy atom. The summed E-state index contributed by atoms with van der Waals surface area (Å²) in [6.45, 7) is 4.70. The molecule has 0 atom stereocenters. The minimum absolute atomic E-state index is 0.451. The lowest BCUT2D eigenvalue weighted by Gasteiger charge is -2.13. The van der Waals surface area contributed by atoms with Gasteiger partial charge in [0, 0.05) is 28.4 Å². The SMILES string of the molecule is CCCCOc1c(Cl)cc(-c2noc(-c3cc(C)nc(C4CCCC4)c3)n2)cc1OC. The zero-order chi connectivity index (χ0) is 21.8. The number of rotatable bonds is 8. The Kier molecular flexibility index (Phi) is 6.76. The van der Waals surface area contributed by atoms with Crippen LogP contribution < -0.4 is 9.47 Å². The topological polar surface area (TPSA) is 70.3 Å². The van der Waals surface area contributed by atoms with Gasteiger partial charge in [0.2, 0.25) is 5.82 Å². The number of aryl methyl sites for hydroxylation is 1. The molecule has 0 amide bonds. The first-order chi connectivity index (χ1) is 15.1. The highest BCUT2D eigenvalue weighted by molar-refractivity contribution is 6.32. The van der Waals surface area contributed by atoms with Gasteiger partial charge in [0.1, 0.15) is 0 Å². The minimum atomic E-state index is 0.451. The molecule has 0 N–H and O–H groups in total. The third-order valence-electron chi connectivity index (χ3n) is 5.65. The molecule has 0 spiro atoms. The number of halogens is 1. The summed E-state index contributed by atoms with van der Waals surface area (Å²) in [4.78, 5) is 9.36. The van der Waals surface area contributed by atoms with Gasteiger partial charge in [-0.25, -0.2) is 0 Å². The van der Waals surface area contributed by atoms with E-state index >= 15 is 0 Å². The van der Waals surface area contributed by atoms with Crippen LogP contribution in [0.3, 0.4) is 0 Å². The van der Waals surface area contributed by atoms with Gasteiger partial charge in [-0.2, -0.15) is 4.98 Å². The second-order valence-corrected chi connectivity index (χ2v) is 8.43. The summed E-state index contributed by atoms with van der Waals surface area (Å²) in [5.41, 5.74) is 3.68. The van der Waals surface area contributed by atoms with Crippen molar-refractivity contribution >= 4 is 11.6 Å². The Morgan fingerprint density at radius 1 is 1.10 bits per heavy atom. The van der Waals surface area contributed by atoms with Crippen LogP contribution in [0.1, 0.15) is 62.8 Å². The molecule has 4 rings (SSSR count). The summed E-state index contributed by atoms with van der Waals surface area (Å²) >= 11 is 6.48. The van der Waals surface area contributed by atoms with Gasteiger partial charge in [0.25, 0.3) is 5.89 Å². The first-order valence-electron chi connectivity index (χ1n) is 10.9. The average Bonchev–Trinajstić information content (AvgIpc) is 3.47. The summed E-state index contributed by atoms with van der Waals surface area (Å²) in [5, 5.41) is 4.64. The highest BCUT2D eigenvalue weighted by Crippen LogP contribution is 2.40. The molecule has 0 aliphatic heterocycles. The van der Waals surface area contributed by atoms with Crippen LogP contribution in [0, 0.1) is 6.92 Å². The lowest BCUT2D eigenvalue weighted by atomic mass is 10.0. The van der Waals surface area contributed by atoms with Crippen molar-refractivity contribution < 1.29 is 14.0 Å². The van der Waals surface area contributed by atoms with Crippen LogP contribution in [0.4, 0.5) is 0 Å². The third-order valence-corrected chi connectivity index (χ3v) is 5.93. The fourth-order valence-corrected chi connectivity index (χ4v) is 4.28. The van der Waals surface area contributed by atoms with Gasteiger partial charge in [0.15, 0.2) is 11.5 Å². The average molecular weight is 442 g/mol. The molecular formula is C24H28ClN3O3. The van der Waals surface area contributed by atoms with Crippen molar-refractivity contribution in [3.63, 3.8) is 0 Å². The lowest BCUT2D eigenvalue weighted by Crippen LogP contribution is -2.00. The van der Waals surface area contributed by atoms with E-state index < -0.39 is 0 Å². The standard InChI is InChI=1S/C24H28ClN3O3/c1-4-5-10-30-22-19(25)12-17(14-21(22)29-3)23-27-24(31-28-23)18-11-15(2)26-20(13-18)16-8-6-7-9-16/h11-14,16H,4-10H2,1-3H3. The molecule has 164 valence electrons. The summed E-state index contributed by atoms with van der Waals surface area (Å²) in [5.74, 6) is 2.53. The highest BCUT2D eigenvalue weighted by Gasteiger charge is 2.21. The maximum atomic E-state index is 6.48. The molecule has 2 heterocycles. The molecule has 2 aromatic heterocycles. The minimum Gasteiger partial charge on any atom is -0.493 e. The summed E-state index contributed by atoms with van der Waals surface area (Å²) < 4.78 is 16.9. The molecule has 1 aromatic carbocycles. The van der Waals surface area contributed by atoms with Gasteiger partial charge in [-0.3, -0.25) is 4.98 Å². The summed E-state index contributed by atoms with van der Waals surface area (Å²) in [6, 6.07) is 7.66. The van der Waals surface area contributed by atoms with Gasteiger partial charge < -0.3 is 14.0 Å². The monoisotopic (exact) mass is 441 g/mol. The summed E-state index contributed by atoms with van der Waals surface area (Å²) in [7, 11) is 1.59. The van der Waals surface area contributed by atoms with Crippen molar-refractivity contribution in [2.45, 2.75) is 58.3 Å². The quantitative estimate of drug-likeness (QED) is 0.366. The van der Waals surface area contributed by atoms with Crippen LogP contribution in [0.15, 0.2) is 28.8 Å². The van der Waals surface area contributed by atoms with E-state index in [1.165, 1.54) is 25.7 Å². The van der Waals surface area contributed by atoms with Crippen molar-refractivity contribution in [1.82, 2.24) is 15.1 Å². The number of ether oxygens (including phenoxy) is 2. The molecule has 1 fully saturated rings. The molecule has 0 radical (unpaired) electrons. The van der Waals surface area contributed by atoms with E-state index in [1.807, 2.05) is 19.1 Å². The summed E-state index contributed by atoms with van der Waals surface area (Å²) in [6.07, 6.45) is 6.90. The molecule has 1 saturated carbocycles. The second-order valence-electron chi connectivity index (χ2n) is 8.02. The molecule has 0 saturated heterocycles. The molecule has 0 bridgehead atoms. The van der Waals surface area contributed by atoms with E-state index in [0.29, 0.717) is 46.3 Å². The van der Waals surface area contributed by atoms with Crippen molar-refractivity contribution in [2.24, 2.45) is 0 Å². The van der Waals surface area contributed by atoms with E-state index in [-0.39, 0.29) is 0 Å². The number of hydrogen-bond donors (Lipinski definition) is 0. The molecule has 7 heteroatoms. The Labute approximate surface area is 187 Å². The molecular weight excluding hydrogens is 414 g/mol. The van der Waals surface area contributed by atoms with Gasteiger partial charge in [-0.05, 0) is 50.5 Å². The first kappa shape index (κ1) is 21.6. The molecule has 1 aliphatic rings. The zero-order valence-corrected chi connectivity index (χ0v) is 19.0. The highest BCUT2D eigenvalue weighted by atomic mass is 35.5. The van der Waals surface area contributed by atoms with Crippen LogP contribution in [-0.4, -0.2) is 28.8 Å². The predicted molar refractivity (Wildman–Crippen MR) is 121 cm³/mol. The predicted octanol–water partition coefficient (Wildman–Crippen LogP) is 6.61.